The topological polar surface area (TPSA) is 45.0 Å². The van der Waals surface area contributed by atoms with Gasteiger partial charge in [0.2, 0.25) is 0 Å². The average Bonchev–Trinajstić information content (AvgIpc) is 2.12. The Balaban J connectivity index is 2.33. The minimum atomic E-state index is -0.383. The average molecular weight is 228 g/mol. The van der Waals surface area contributed by atoms with E-state index in [0.29, 0.717) is 10.5 Å². The molecular weight excluding hydrogens is 208 g/mol. The van der Waals surface area contributed by atoms with Crippen LogP contribution in [0.4, 0.5) is 0 Å². The van der Waals surface area contributed by atoms with Crippen LogP contribution in [0.3, 0.4) is 0 Å². The van der Waals surface area contributed by atoms with Crippen LogP contribution in [0.5, 0.6) is 0 Å². The first-order valence-electron chi connectivity index (χ1n) is 5.49. The maximum atomic E-state index is 9.12. The van der Waals surface area contributed by atoms with Gasteiger partial charge in [0.25, 0.3) is 0 Å². The van der Waals surface area contributed by atoms with E-state index in [2.05, 4.69) is 18.3 Å². The van der Waals surface area contributed by atoms with Gasteiger partial charge in [-0.15, -0.1) is 0 Å². The van der Waals surface area contributed by atoms with Crippen molar-refractivity contribution in [3.63, 3.8) is 0 Å². The van der Waals surface area contributed by atoms with Crippen LogP contribution in [0.15, 0.2) is 0 Å². The summed E-state index contributed by atoms with van der Waals surface area (Å²) in [7, 11) is 0. The SMILES string of the molecule is CCNC(C)(C#N)CC(C)SC1COC1. The van der Waals surface area contributed by atoms with Crippen molar-refractivity contribution in [3.05, 3.63) is 0 Å². The molecule has 1 fully saturated rings. The van der Waals surface area contributed by atoms with E-state index in [-0.39, 0.29) is 5.54 Å². The lowest BCUT2D eigenvalue weighted by molar-refractivity contribution is 0.0452. The number of nitrogens with zero attached hydrogens (tertiary/aromatic N) is 1. The molecule has 0 aromatic heterocycles. The van der Waals surface area contributed by atoms with Crippen molar-refractivity contribution in [2.45, 2.75) is 43.2 Å². The van der Waals surface area contributed by atoms with E-state index in [9.17, 15) is 0 Å². The van der Waals surface area contributed by atoms with E-state index in [1.807, 2.05) is 25.6 Å². The number of thioether (sulfide) groups is 1. The summed E-state index contributed by atoms with van der Waals surface area (Å²) >= 11 is 1.94. The summed E-state index contributed by atoms with van der Waals surface area (Å²) in [5.41, 5.74) is -0.383. The molecule has 1 saturated heterocycles. The fourth-order valence-electron chi connectivity index (χ4n) is 1.79. The van der Waals surface area contributed by atoms with Gasteiger partial charge >= 0.3 is 0 Å². The predicted molar refractivity (Wildman–Crippen MR) is 64.0 cm³/mol. The molecule has 1 aliphatic heterocycles. The van der Waals surface area contributed by atoms with Crippen molar-refractivity contribution < 1.29 is 4.74 Å². The van der Waals surface area contributed by atoms with Crippen molar-refractivity contribution >= 4 is 11.8 Å². The Bertz CT molecular complexity index is 237. The molecule has 15 heavy (non-hydrogen) atoms. The maximum absolute atomic E-state index is 9.12. The maximum Gasteiger partial charge on any atom is 0.104 e. The third kappa shape index (κ3) is 4.02. The number of hydrogen-bond acceptors (Lipinski definition) is 4. The molecule has 0 aliphatic carbocycles. The van der Waals surface area contributed by atoms with Crippen molar-refractivity contribution in [2.24, 2.45) is 0 Å². The fourth-order valence-corrected chi connectivity index (χ4v) is 3.23. The summed E-state index contributed by atoms with van der Waals surface area (Å²) in [5.74, 6) is 0. The lowest BCUT2D eigenvalue weighted by Gasteiger charge is -2.31. The van der Waals surface area contributed by atoms with Crippen molar-refractivity contribution in [1.29, 1.82) is 5.26 Å². The Morgan fingerprint density at radius 1 is 1.67 bits per heavy atom. The summed E-state index contributed by atoms with van der Waals surface area (Å²) in [6.07, 6.45) is 0.887. The van der Waals surface area contributed by atoms with Crippen LogP contribution in [-0.2, 0) is 4.74 Å². The third-order valence-corrected chi connectivity index (χ3v) is 3.83. The van der Waals surface area contributed by atoms with Gasteiger partial charge in [0, 0.05) is 5.25 Å². The fraction of sp³-hybridized carbons (Fsp3) is 0.909. The zero-order chi connectivity index (χ0) is 11.3. The van der Waals surface area contributed by atoms with Crippen LogP contribution < -0.4 is 5.32 Å². The molecule has 0 aromatic rings. The highest BCUT2D eigenvalue weighted by Gasteiger charge is 2.28. The zero-order valence-electron chi connectivity index (χ0n) is 9.75. The predicted octanol–water partition coefficient (Wildman–Crippen LogP) is 1.79. The monoisotopic (exact) mass is 228 g/mol. The second-order valence-electron chi connectivity index (χ2n) is 4.28. The molecule has 1 rings (SSSR count). The number of rotatable bonds is 6. The highest BCUT2D eigenvalue weighted by Crippen LogP contribution is 2.28. The number of nitrogens with one attached hydrogen (secondary N) is 1. The molecule has 0 spiro atoms. The van der Waals surface area contributed by atoms with Crippen molar-refractivity contribution in [2.75, 3.05) is 19.8 Å². The largest absolute Gasteiger partial charge is 0.379 e. The highest BCUT2D eigenvalue weighted by molar-refractivity contribution is 8.00. The second kappa shape index (κ2) is 5.74. The van der Waals surface area contributed by atoms with Gasteiger partial charge < -0.3 is 4.74 Å². The molecule has 3 nitrogen and oxygen atoms in total. The van der Waals surface area contributed by atoms with Gasteiger partial charge in [-0.25, -0.2) is 0 Å². The van der Waals surface area contributed by atoms with E-state index >= 15 is 0 Å². The number of nitriles is 1. The summed E-state index contributed by atoms with van der Waals surface area (Å²) in [6, 6.07) is 2.36. The molecule has 0 radical (unpaired) electrons. The standard InChI is InChI=1S/C11H20N2OS/c1-4-13-11(3,8-12)5-9(2)15-10-6-14-7-10/h9-10,13H,4-7H2,1-3H3. The first-order valence-corrected chi connectivity index (χ1v) is 6.43. The molecule has 0 saturated carbocycles. The Labute approximate surface area is 96.6 Å². The van der Waals surface area contributed by atoms with Gasteiger partial charge in [0.1, 0.15) is 5.54 Å². The van der Waals surface area contributed by atoms with Crippen molar-refractivity contribution in [3.8, 4) is 6.07 Å². The summed E-state index contributed by atoms with van der Waals surface area (Å²) in [4.78, 5) is 0. The smallest absolute Gasteiger partial charge is 0.104 e. The molecular formula is C11H20N2OS. The van der Waals surface area contributed by atoms with Gasteiger partial charge in [0.05, 0.1) is 24.5 Å². The van der Waals surface area contributed by atoms with E-state index < -0.39 is 0 Å². The summed E-state index contributed by atoms with van der Waals surface area (Å²) in [5, 5.41) is 13.5. The van der Waals surface area contributed by atoms with Gasteiger partial charge in [-0.2, -0.15) is 17.0 Å². The molecule has 1 N–H and O–H groups in total. The molecule has 0 amide bonds. The Hall–Kier alpha value is -0.240. The first kappa shape index (κ1) is 12.8. The molecule has 0 aromatic carbocycles. The molecule has 1 aliphatic rings. The molecule has 0 bridgehead atoms. The van der Waals surface area contributed by atoms with E-state index in [4.69, 9.17) is 10.00 Å². The van der Waals surface area contributed by atoms with Gasteiger partial charge in [-0.1, -0.05) is 13.8 Å². The highest BCUT2D eigenvalue weighted by atomic mass is 32.2. The van der Waals surface area contributed by atoms with E-state index in [1.165, 1.54) is 0 Å². The normalized spacial score (nSPS) is 22.5. The lowest BCUT2D eigenvalue weighted by Crippen LogP contribution is -2.43. The van der Waals surface area contributed by atoms with Crippen LogP contribution >= 0.6 is 11.8 Å². The number of ether oxygens (including phenoxy) is 1. The third-order valence-electron chi connectivity index (χ3n) is 2.54. The zero-order valence-corrected chi connectivity index (χ0v) is 10.6. The molecule has 4 heteroatoms. The number of hydrogen-bond donors (Lipinski definition) is 1. The van der Waals surface area contributed by atoms with Gasteiger partial charge in [-0.3, -0.25) is 5.32 Å². The minimum Gasteiger partial charge on any atom is -0.379 e. The van der Waals surface area contributed by atoms with Crippen LogP contribution in [0.1, 0.15) is 27.2 Å². The molecule has 86 valence electrons. The summed E-state index contributed by atoms with van der Waals surface area (Å²) < 4.78 is 5.14. The van der Waals surface area contributed by atoms with Gasteiger partial charge in [-0.05, 0) is 19.9 Å². The Morgan fingerprint density at radius 3 is 2.73 bits per heavy atom. The Morgan fingerprint density at radius 2 is 2.33 bits per heavy atom. The van der Waals surface area contributed by atoms with Crippen LogP contribution in [0.25, 0.3) is 0 Å². The van der Waals surface area contributed by atoms with Gasteiger partial charge in [0.15, 0.2) is 0 Å². The Kier molecular flexibility index (Phi) is 4.91. The molecule has 2 atom stereocenters. The molecule has 2 unspecified atom stereocenters. The quantitative estimate of drug-likeness (QED) is 0.753. The van der Waals surface area contributed by atoms with E-state index in [1.54, 1.807) is 0 Å². The van der Waals surface area contributed by atoms with Crippen molar-refractivity contribution in [1.82, 2.24) is 5.32 Å². The van der Waals surface area contributed by atoms with Crippen LogP contribution in [0.2, 0.25) is 0 Å². The van der Waals surface area contributed by atoms with Crippen LogP contribution in [0, 0.1) is 11.3 Å². The lowest BCUT2D eigenvalue weighted by atomic mass is 9.98. The second-order valence-corrected chi connectivity index (χ2v) is 6.03. The summed E-state index contributed by atoms with van der Waals surface area (Å²) in [6.45, 7) is 8.79. The first-order chi connectivity index (χ1) is 7.09. The van der Waals surface area contributed by atoms with Crippen LogP contribution in [-0.4, -0.2) is 35.8 Å². The minimum absolute atomic E-state index is 0.383. The molecule has 1 heterocycles. The van der Waals surface area contributed by atoms with E-state index in [0.717, 1.165) is 26.2 Å².